The molecule has 1 rings (SSSR count). The predicted molar refractivity (Wildman–Crippen MR) is 95.4 cm³/mol. The maximum absolute atomic E-state index is 12.4. The molecule has 23 heavy (non-hydrogen) atoms. The molecule has 0 aliphatic heterocycles. The molecule has 6 heteroatoms. The average Bonchev–Trinajstić information content (AvgIpc) is 2.51. The third-order valence-electron chi connectivity index (χ3n) is 3.96. The third-order valence-corrected chi connectivity index (χ3v) is 3.96. The van der Waals surface area contributed by atoms with Crippen LogP contribution in [0.15, 0.2) is 24.3 Å². The van der Waals surface area contributed by atoms with Gasteiger partial charge in [0, 0.05) is 32.2 Å². The SMILES string of the molecule is COCCCOc1cccc(C(=O)NC(C)(CN)C(C)C)c1.Cl. The first kappa shape index (κ1) is 21.7. The summed E-state index contributed by atoms with van der Waals surface area (Å²) in [6.07, 6.45) is 0.811. The Morgan fingerprint density at radius 3 is 2.61 bits per heavy atom. The van der Waals surface area contributed by atoms with Crippen molar-refractivity contribution in [3.05, 3.63) is 29.8 Å². The van der Waals surface area contributed by atoms with E-state index in [1.54, 1.807) is 19.2 Å². The summed E-state index contributed by atoms with van der Waals surface area (Å²) >= 11 is 0. The van der Waals surface area contributed by atoms with Gasteiger partial charge in [0.25, 0.3) is 5.91 Å². The van der Waals surface area contributed by atoms with Crippen LogP contribution in [0, 0.1) is 5.92 Å². The molecule has 1 unspecified atom stereocenters. The molecule has 3 N–H and O–H groups in total. The zero-order valence-electron chi connectivity index (χ0n) is 14.4. The van der Waals surface area contributed by atoms with Crippen LogP contribution >= 0.6 is 12.4 Å². The molecule has 0 spiro atoms. The first-order chi connectivity index (χ1) is 10.4. The van der Waals surface area contributed by atoms with Crippen LogP contribution in [0.2, 0.25) is 0 Å². The number of carbonyl (C=O) groups excluding carboxylic acids is 1. The van der Waals surface area contributed by atoms with Crippen LogP contribution in [0.3, 0.4) is 0 Å². The Morgan fingerprint density at radius 2 is 2.04 bits per heavy atom. The highest BCUT2D eigenvalue weighted by Crippen LogP contribution is 2.18. The van der Waals surface area contributed by atoms with Crippen molar-refractivity contribution < 1.29 is 14.3 Å². The molecule has 132 valence electrons. The lowest BCUT2D eigenvalue weighted by Gasteiger charge is -2.33. The Labute approximate surface area is 145 Å². The fraction of sp³-hybridized carbons (Fsp3) is 0.588. The highest BCUT2D eigenvalue weighted by molar-refractivity contribution is 5.95. The van der Waals surface area contributed by atoms with E-state index in [2.05, 4.69) is 5.32 Å². The zero-order chi connectivity index (χ0) is 16.6. The number of nitrogens with two attached hydrogens (primary N) is 1. The number of halogens is 1. The molecule has 0 fully saturated rings. The molecule has 0 aliphatic rings. The van der Waals surface area contributed by atoms with Gasteiger partial charge in [-0.1, -0.05) is 19.9 Å². The Balaban J connectivity index is 0.00000484. The lowest BCUT2D eigenvalue weighted by molar-refractivity contribution is 0.0882. The lowest BCUT2D eigenvalue weighted by atomic mass is 9.88. The summed E-state index contributed by atoms with van der Waals surface area (Å²) in [6.45, 7) is 7.66. The van der Waals surface area contributed by atoms with Crippen LogP contribution in [0.5, 0.6) is 5.75 Å². The fourth-order valence-corrected chi connectivity index (χ4v) is 1.88. The molecule has 0 aromatic heterocycles. The van der Waals surface area contributed by atoms with Crippen LogP contribution in [-0.4, -0.2) is 38.3 Å². The van der Waals surface area contributed by atoms with Crippen molar-refractivity contribution in [1.29, 1.82) is 0 Å². The van der Waals surface area contributed by atoms with E-state index in [0.29, 0.717) is 31.1 Å². The number of carbonyl (C=O) groups is 1. The molecule has 0 radical (unpaired) electrons. The summed E-state index contributed by atoms with van der Waals surface area (Å²) in [7, 11) is 1.66. The molecular formula is C17H29ClN2O3. The number of amides is 1. The Morgan fingerprint density at radius 1 is 1.35 bits per heavy atom. The summed E-state index contributed by atoms with van der Waals surface area (Å²) < 4.78 is 10.6. The van der Waals surface area contributed by atoms with Crippen molar-refractivity contribution in [1.82, 2.24) is 5.32 Å². The van der Waals surface area contributed by atoms with Crippen LogP contribution in [-0.2, 0) is 4.74 Å². The molecule has 0 aliphatic carbocycles. The molecule has 0 saturated heterocycles. The van der Waals surface area contributed by atoms with E-state index in [1.807, 2.05) is 32.9 Å². The highest BCUT2D eigenvalue weighted by Gasteiger charge is 2.28. The average molecular weight is 345 g/mol. The number of rotatable bonds is 9. The van der Waals surface area contributed by atoms with Crippen LogP contribution in [0.4, 0.5) is 0 Å². The fourth-order valence-electron chi connectivity index (χ4n) is 1.88. The van der Waals surface area contributed by atoms with Gasteiger partial charge in [0.2, 0.25) is 0 Å². The predicted octanol–water partition coefficient (Wildman–Crippen LogP) is 2.63. The minimum Gasteiger partial charge on any atom is -0.493 e. The summed E-state index contributed by atoms with van der Waals surface area (Å²) in [5, 5.41) is 3.02. The van der Waals surface area contributed by atoms with Gasteiger partial charge < -0.3 is 20.5 Å². The smallest absolute Gasteiger partial charge is 0.251 e. The lowest BCUT2D eigenvalue weighted by Crippen LogP contribution is -2.55. The van der Waals surface area contributed by atoms with Crippen molar-refractivity contribution >= 4 is 18.3 Å². The van der Waals surface area contributed by atoms with Crippen LogP contribution in [0.1, 0.15) is 37.6 Å². The maximum Gasteiger partial charge on any atom is 0.251 e. The number of hydrogen-bond acceptors (Lipinski definition) is 4. The second kappa shape index (κ2) is 10.5. The zero-order valence-corrected chi connectivity index (χ0v) is 15.2. The minimum atomic E-state index is -0.424. The summed E-state index contributed by atoms with van der Waals surface area (Å²) in [6, 6.07) is 7.18. The standard InChI is InChI=1S/C17H28N2O3.ClH/c1-13(2)17(3,12-18)19-16(20)14-7-5-8-15(11-14)22-10-6-9-21-4;/h5,7-8,11,13H,6,9-10,12,18H2,1-4H3,(H,19,20);1H. The van der Waals surface area contributed by atoms with Crippen LogP contribution in [0.25, 0.3) is 0 Å². The second-order valence-corrected chi connectivity index (χ2v) is 5.95. The number of hydrogen-bond donors (Lipinski definition) is 2. The highest BCUT2D eigenvalue weighted by atomic mass is 35.5. The largest absolute Gasteiger partial charge is 0.493 e. The van der Waals surface area contributed by atoms with E-state index in [9.17, 15) is 4.79 Å². The van der Waals surface area contributed by atoms with E-state index < -0.39 is 5.54 Å². The molecule has 0 heterocycles. The van der Waals surface area contributed by atoms with E-state index in [1.165, 1.54) is 0 Å². The van der Waals surface area contributed by atoms with E-state index >= 15 is 0 Å². The molecule has 1 atom stereocenters. The third kappa shape index (κ3) is 6.77. The number of methoxy groups -OCH3 is 1. The Bertz CT molecular complexity index is 483. The summed E-state index contributed by atoms with van der Waals surface area (Å²) in [5.74, 6) is 0.793. The topological polar surface area (TPSA) is 73.6 Å². The molecule has 5 nitrogen and oxygen atoms in total. The first-order valence-corrected chi connectivity index (χ1v) is 7.67. The van der Waals surface area contributed by atoms with Gasteiger partial charge in [0.15, 0.2) is 0 Å². The second-order valence-electron chi connectivity index (χ2n) is 5.95. The maximum atomic E-state index is 12.4. The van der Waals surface area contributed by atoms with E-state index in [4.69, 9.17) is 15.2 Å². The molecule has 0 bridgehead atoms. The summed E-state index contributed by atoms with van der Waals surface area (Å²) in [4.78, 5) is 12.4. The molecule has 1 aromatic rings. The quantitative estimate of drug-likeness (QED) is 0.675. The van der Waals surface area contributed by atoms with Crippen molar-refractivity contribution in [2.45, 2.75) is 32.7 Å². The van der Waals surface area contributed by atoms with Gasteiger partial charge in [-0.25, -0.2) is 0 Å². The number of ether oxygens (including phenoxy) is 2. The normalized spacial score (nSPS) is 13.1. The number of benzene rings is 1. The monoisotopic (exact) mass is 344 g/mol. The Kier molecular flexibility index (Phi) is 9.88. The van der Waals surface area contributed by atoms with Gasteiger partial charge >= 0.3 is 0 Å². The van der Waals surface area contributed by atoms with Crippen LogP contribution < -0.4 is 15.8 Å². The Hall–Kier alpha value is -1.30. The van der Waals surface area contributed by atoms with Crippen molar-refractivity contribution in [3.63, 3.8) is 0 Å². The van der Waals surface area contributed by atoms with E-state index in [0.717, 1.165) is 6.42 Å². The van der Waals surface area contributed by atoms with Gasteiger partial charge in [0.05, 0.1) is 12.1 Å². The van der Waals surface area contributed by atoms with Crippen molar-refractivity contribution in [2.75, 3.05) is 26.9 Å². The first-order valence-electron chi connectivity index (χ1n) is 7.67. The van der Waals surface area contributed by atoms with Gasteiger partial charge in [-0.15, -0.1) is 12.4 Å². The van der Waals surface area contributed by atoms with Crippen molar-refractivity contribution in [2.24, 2.45) is 11.7 Å². The van der Waals surface area contributed by atoms with Crippen molar-refractivity contribution in [3.8, 4) is 5.75 Å². The minimum absolute atomic E-state index is 0. The number of nitrogens with one attached hydrogen (secondary N) is 1. The molecule has 1 amide bonds. The van der Waals surface area contributed by atoms with Gasteiger partial charge in [-0.3, -0.25) is 4.79 Å². The van der Waals surface area contributed by atoms with Gasteiger partial charge in [0.1, 0.15) is 5.75 Å². The molecule has 1 aromatic carbocycles. The van der Waals surface area contributed by atoms with Gasteiger partial charge in [-0.2, -0.15) is 0 Å². The molecule has 0 saturated carbocycles. The molecular weight excluding hydrogens is 316 g/mol. The van der Waals surface area contributed by atoms with E-state index in [-0.39, 0.29) is 24.2 Å². The van der Waals surface area contributed by atoms with Gasteiger partial charge in [-0.05, 0) is 31.0 Å². The summed E-state index contributed by atoms with van der Waals surface area (Å²) in [5.41, 5.74) is 5.96.